The van der Waals surface area contributed by atoms with Gasteiger partial charge in [-0.05, 0) is 0 Å². The molecule has 0 spiro atoms. The lowest BCUT2D eigenvalue weighted by Gasteiger charge is -2.21. The lowest BCUT2D eigenvalue weighted by Crippen LogP contribution is -2.40. The summed E-state index contributed by atoms with van der Waals surface area (Å²) in [7, 11) is 0. The zero-order valence-electron chi connectivity index (χ0n) is 8.95. The molecule has 0 radical (unpaired) electrons. The molecule has 0 aromatic rings. The first kappa shape index (κ1) is 12.9. The summed E-state index contributed by atoms with van der Waals surface area (Å²) in [4.78, 5) is 21.6. The van der Waals surface area contributed by atoms with Gasteiger partial charge in [0, 0.05) is 13.8 Å². The summed E-state index contributed by atoms with van der Waals surface area (Å²) in [5.74, 6) is -1.25. The molecule has 0 bridgehead atoms. The molecule has 1 rings (SSSR count). The second-order valence-corrected chi connectivity index (χ2v) is 3.40. The van der Waals surface area contributed by atoms with Gasteiger partial charge in [-0.2, -0.15) is 0 Å². The van der Waals surface area contributed by atoms with Crippen LogP contribution in [0.5, 0.6) is 0 Å². The quantitative estimate of drug-likeness (QED) is 0.576. The van der Waals surface area contributed by atoms with Crippen LogP contribution >= 0.6 is 0 Å². The molecule has 16 heavy (non-hydrogen) atoms. The van der Waals surface area contributed by atoms with Crippen LogP contribution in [0.4, 0.5) is 0 Å². The van der Waals surface area contributed by atoms with Gasteiger partial charge >= 0.3 is 11.9 Å². The molecular weight excluding hydrogens is 220 g/mol. The third-order valence-electron chi connectivity index (χ3n) is 2.07. The molecule has 0 unspecified atom stereocenters. The summed E-state index contributed by atoms with van der Waals surface area (Å²) in [6, 6.07) is 0. The van der Waals surface area contributed by atoms with E-state index < -0.39 is 43.1 Å². The van der Waals surface area contributed by atoms with Crippen molar-refractivity contribution in [3.63, 3.8) is 0 Å². The van der Waals surface area contributed by atoms with E-state index in [-0.39, 0.29) is 0 Å². The maximum Gasteiger partial charge on any atom is 0.303 e. The van der Waals surface area contributed by atoms with E-state index in [4.69, 9.17) is 19.3 Å². The molecule has 1 heterocycles. The fourth-order valence-corrected chi connectivity index (χ4v) is 1.51. The fraction of sp³-hybridized carbons (Fsp3) is 0.778. The molecule has 0 amide bonds. The van der Waals surface area contributed by atoms with Gasteiger partial charge in [-0.15, -0.1) is 0 Å². The van der Waals surface area contributed by atoms with Crippen molar-refractivity contribution in [1.82, 2.24) is 0 Å². The monoisotopic (exact) mass is 234 g/mol. The predicted octanol–water partition coefficient (Wildman–Crippen LogP) is -1.44. The third kappa shape index (κ3) is 2.91. The molecule has 7 heteroatoms. The average molecular weight is 234 g/mol. The zero-order valence-corrected chi connectivity index (χ0v) is 8.95. The van der Waals surface area contributed by atoms with Gasteiger partial charge in [0.1, 0.15) is 6.10 Å². The first-order valence-electron chi connectivity index (χ1n) is 4.74. The van der Waals surface area contributed by atoms with E-state index >= 15 is 0 Å². The molecule has 0 aromatic carbocycles. The molecule has 1 aliphatic rings. The minimum atomic E-state index is -1.41. The number of esters is 2. The Balaban J connectivity index is 2.76. The highest BCUT2D eigenvalue weighted by molar-refractivity contribution is 5.67. The highest BCUT2D eigenvalue weighted by Gasteiger charge is 2.48. The summed E-state index contributed by atoms with van der Waals surface area (Å²) in [5, 5.41) is 18.4. The molecule has 1 saturated heterocycles. The van der Waals surface area contributed by atoms with E-state index in [1.807, 2.05) is 0 Å². The van der Waals surface area contributed by atoms with Gasteiger partial charge in [0.05, 0.1) is 6.61 Å². The smallest absolute Gasteiger partial charge is 0.303 e. The van der Waals surface area contributed by atoms with Crippen molar-refractivity contribution in [2.45, 2.75) is 38.4 Å². The first-order valence-corrected chi connectivity index (χ1v) is 4.74. The number of carbonyl (C=O) groups excluding carboxylic acids is 2. The van der Waals surface area contributed by atoms with Crippen LogP contribution < -0.4 is 0 Å². The highest BCUT2D eigenvalue weighted by Crippen LogP contribution is 2.25. The Labute approximate surface area is 91.9 Å². The van der Waals surface area contributed by atoms with Crippen LogP contribution in [0, 0.1) is 0 Å². The number of rotatable bonds is 3. The van der Waals surface area contributed by atoms with Gasteiger partial charge < -0.3 is 24.4 Å². The minimum absolute atomic E-state index is 0.452. The van der Waals surface area contributed by atoms with E-state index in [9.17, 15) is 14.7 Å². The predicted molar refractivity (Wildman–Crippen MR) is 49.1 cm³/mol. The van der Waals surface area contributed by atoms with Crippen LogP contribution in [-0.2, 0) is 23.8 Å². The first-order chi connectivity index (χ1) is 7.45. The fourth-order valence-electron chi connectivity index (χ4n) is 1.51. The van der Waals surface area contributed by atoms with E-state index in [0.29, 0.717) is 0 Å². The number of hydrogen-bond donors (Lipinski definition) is 2. The molecule has 7 nitrogen and oxygen atoms in total. The number of carbonyl (C=O) groups is 2. The van der Waals surface area contributed by atoms with E-state index in [0.717, 1.165) is 6.92 Å². The Morgan fingerprint density at radius 3 is 2.12 bits per heavy atom. The normalized spacial score (nSPS) is 33.5. The van der Waals surface area contributed by atoms with Crippen molar-refractivity contribution < 1.29 is 34.0 Å². The second kappa shape index (κ2) is 5.24. The van der Waals surface area contributed by atoms with Crippen molar-refractivity contribution in [2.24, 2.45) is 0 Å². The van der Waals surface area contributed by atoms with Gasteiger partial charge in [0.15, 0.2) is 18.5 Å². The van der Waals surface area contributed by atoms with E-state index in [1.54, 1.807) is 0 Å². The van der Waals surface area contributed by atoms with Crippen LogP contribution in [0.1, 0.15) is 13.8 Å². The summed E-state index contributed by atoms with van der Waals surface area (Å²) >= 11 is 0. The maximum atomic E-state index is 10.8. The molecule has 4 atom stereocenters. The average Bonchev–Trinajstić information content (AvgIpc) is 2.44. The largest absolute Gasteiger partial charge is 0.455 e. The van der Waals surface area contributed by atoms with Crippen LogP contribution in [0.3, 0.4) is 0 Å². The zero-order chi connectivity index (χ0) is 12.3. The minimum Gasteiger partial charge on any atom is -0.455 e. The Kier molecular flexibility index (Phi) is 4.22. The highest BCUT2D eigenvalue weighted by atomic mass is 16.7. The maximum absolute atomic E-state index is 10.8. The van der Waals surface area contributed by atoms with Gasteiger partial charge in [0.25, 0.3) is 0 Å². The van der Waals surface area contributed by atoms with Crippen LogP contribution in [0.25, 0.3) is 0 Å². The summed E-state index contributed by atoms with van der Waals surface area (Å²) in [5.41, 5.74) is 0. The summed E-state index contributed by atoms with van der Waals surface area (Å²) < 4.78 is 14.5. The van der Waals surface area contributed by atoms with E-state index in [1.165, 1.54) is 6.92 Å². The molecule has 1 aliphatic heterocycles. The molecule has 0 aliphatic carbocycles. The molecule has 92 valence electrons. The van der Waals surface area contributed by atoms with Gasteiger partial charge in [-0.3, -0.25) is 9.59 Å². The van der Waals surface area contributed by atoms with Crippen molar-refractivity contribution in [1.29, 1.82) is 0 Å². The topological polar surface area (TPSA) is 102 Å². The molecule has 0 aromatic heterocycles. The number of aliphatic hydroxyl groups is 2. The molecule has 2 N–H and O–H groups in total. The number of aliphatic hydroxyl groups excluding tert-OH is 2. The molecule has 1 fully saturated rings. The van der Waals surface area contributed by atoms with Crippen molar-refractivity contribution in [2.75, 3.05) is 6.61 Å². The van der Waals surface area contributed by atoms with Crippen LogP contribution in [0.2, 0.25) is 0 Å². The van der Waals surface area contributed by atoms with E-state index in [2.05, 4.69) is 0 Å². The van der Waals surface area contributed by atoms with Gasteiger partial charge in [-0.25, -0.2) is 0 Å². The van der Waals surface area contributed by atoms with Gasteiger partial charge in [0.2, 0.25) is 0 Å². The molecular formula is C9H14O7. The Bertz CT molecular complexity index is 277. The van der Waals surface area contributed by atoms with Gasteiger partial charge in [-0.1, -0.05) is 0 Å². The molecule has 0 saturated carbocycles. The SMILES string of the molecule is CC(=O)O[C@@H]1[C@@H](OC(C)=O)[C@H](CO)O[C@H]1O. The summed E-state index contributed by atoms with van der Waals surface area (Å²) in [6.45, 7) is 1.88. The van der Waals surface area contributed by atoms with Crippen molar-refractivity contribution >= 4 is 11.9 Å². The standard InChI is InChI=1S/C9H14O7/c1-4(11)14-7-6(3-10)16-9(13)8(7)15-5(2)12/h6-10,13H,3H2,1-2H3/t6-,7-,8+,9+/m0/s1. The Hall–Kier alpha value is -1.18. The lowest BCUT2D eigenvalue weighted by atomic mass is 10.1. The Morgan fingerprint density at radius 2 is 1.69 bits per heavy atom. The number of ether oxygens (including phenoxy) is 3. The second-order valence-electron chi connectivity index (χ2n) is 3.40. The number of hydrogen-bond acceptors (Lipinski definition) is 7. The van der Waals surface area contributed by atoms with Crippen molar-refractivity contribution in [3.05, 3.63) is 0 Å². The lowest BCUT2D eigenvalue weighted by molar-refractivity contribution is -0.174. The van der Waals surface area contributed by atoms with Crippen LogP contribution in [0.15, 0.2) is 0 Å². The van der Waals surface area contributed by atoms with Crippen molar-refractivity contribution in [3.8, 4) is 0 Å². The van der Waals surface area contributed by atoms with Crippen LogP contribution in [-0.4, -0.2) is 53.4 Å². The summed E-state index contributed by atoms with van der Waals surface area (Å²) in [6.07, 6.45) is -4.42. The Morgan fingerprint density at radius 1 is 1.19 bits per heavy atom. The third-order valence-corrected chi connectivity index (χ3v) is 2.07.